The van der Waals surface area contributed by atoms with Gasteiger partial charge >= 0.3 is 0 Å². The summed E-state index contributed by atoms with van der Waals surface area (Å²) in [4.78, 5) is 32.0. The van der Waals surface area contributed by atoms with Crippen molar-refractivity contribution in [3.8, 4) is 0 Å². The maximum absolute atomic E-state index is 12.5. The van der Waals surface area contributed by atoms with E-state index in [1.165, 1.54) is 11.0 Å². The number of pyridine rings is 2. The smallest absolute Gasteiger partial charge is 0.262 e. The van der Waals surface area contributed by atoms with E-state index in [1.54, 1.807) is 42.5 Å². The number of nitrogens with one attached hydrogen (secondary N) is 1. The van der Waals surface area contributed by atoms with Crippen molar-refractivity contribution in [1.82, 2.24) is 9.97 Å². The lowest BCUT2D eigenvalue weighted by molar-refractivity contribution is 0.0933. The van der Waals surface area contributed by atoms with Gasteiger partial charge in [0.1, 0.15) is 11.5 Å². The van der Waals surface area contributed by atoms with Crippen LogP contribution >= 0.6 is 0 Å². The highest BCUT2D eigenvalue weighted by molar-refractivity contribution is 6.10. The minimum atomic E-state index is -1.08. The third kappa shape index (κ3) is 1.74. The number of aliphatic hydroxyl groups is 1. The molecule has 3 aromatic rings. The zero-order chi connectivity index (χ0) is 15.3. The highest BCUT2D eigenvalue weighted by Crippen LogP contribution is 2.34. The van der Waals surface area contributed by atoms with Gasteiger partial charge in [0, 0.05) is 22.6 Å². The maximum atomic E-state index is 12.5. The van der Waals surface area contributed by atoms with Crippen LogP contribution in [0.5, 0.6) is 0 Å². The van der Waals surface area contributed by atoms with Crippen LogP contribution in [-0.4, -0.2) is 21.0 Å². The predicted molar refractivity (Wildman–Crippen MR) is 80.6 cm³/mol. The van der Waals surface area contributed by atoms with E-state index in [-0.39, 0.29) is 11.5 Å². The summed E-state index contributed by atoms with van der Waals surface area (Å²) < 4.78 is 0. The molecule has 0 aliphatic carbocycles. The largest absolute Gasteiger partial charge is 0.369 e. The van der Waals surface area contributed by atoms with E-state index in [9.17, 15) is 14.7 Å². The number of carbonyl (C=O) groups is 1. The van der Waals surface area contributed by atoms with Gasteiger partial charge in [0.05, 0.1) is 0 Å². The van der Waals surface area contributed by atoms with Crippen LogP contribution in [0.1, 0.15) is 22.1 Å². The Bertz CT molecular complexity index is 964. The molecule has 4 rings (SSSR count). The van der Waals surface area contributed by atoms with Gasteiger partial charge in [0.15, 0.2) is 6.23 Å². The topological polar surface area (TPSA) is 86.3 Å². The molecule has 1 amide bonds. The number of nitrogens with zero attached hydrogens (tertiary/aromatic N) is 2. The molecule has 6 nitrogen and oxygen atoms in total. The van der Waals surface area contributed by atoms with Crippen LogP contribution in [0, 0.1) is 0 Å². The number of aromatic nitrogens is 2. The SMILES string of the molecule is O=C1c2ccccc2C(O)N1c1ccc2ccc(=O)[nH]c2n1. The Balaban J connectivity index is 1.86. The minimum Gasteiger partial charge on any atom is -0.369 e. The molecule has 1 aliphatic heterocycles. The van der Waals surface area contributed by atoms with Gasteiger partial charge in [-0.2, -0.15) is 0 Å². The number of benzene rings is 1. The fourth-order valence-electron chi connectivity index (χ4n) is 2.68. The Morgan fingerprint density at radius 3 is 2.64 bits per heavy atom. The Hall–Kier alpha value is -2.99. The number of H-pyrrole nitrogens is 1. The number of fused-ring (bicyclic) bond motifs is 2. The molecular weight excluding hydrogens is 282 g/mol. The van der Waals surface area contributed by atoms with Crippen molar-refractivity contribution < 1.29 is 9.90 Å². The Morgan fingerprint density at radius 1 is 1.05 bits per heavy atom. The Labute approximate surface area is 124 Å². The van der Waals surface area contributed by atoms with E-state index < -0.39 is 6.23 Å². The molecule has 1 atom stereocenters. The van der Waals surface area contributed by atoms with E-state index in [2.05, 4.69) is 9.97 Å². The van der Waals surface area contributed by atoms with E-state index in [0.717, 1.165) is 5.39 Å². The molecule has 0 saturated carbocycles. The number of carbonyl (C=O) groups excluding carboxylic acids is 1. The molecule has 0 spiro atoms. The lowest BCUT2D eigenvalue weighted by atomic mass is 10.1. The Kier molecular flexibility index (Phi) is 2.61. The number of amides is 1. The summed E-state index contributed by atoms with van der Waals surface area (Å²) in [5.41, 5.74) is 1.11. The summed E-state index contributed by atoms with van der Waals surface area (Å²) in [5, 5.41) is 11.1. The summed E-state index contributed by atoms with van der Waals surface area (Å²) in [6.45, 7) is 0. The molecule has 6 heteroatoms. The Morgan fingerprint density at radius 2 is 1.82 bits per heavy atom. The number of anilines is 1. The molecule has 2 aromatic heterocycles. The lowest BCUT2D eigenvalue weighted by Gasteiger charge is -2.19. The first kappa shape index (κ1) is 12.7. The molecule has 108 valence electrons. The molecule has 0 saturated heterocycles. The molecule has 22 heavy (non-hydrogen) atoms. The van der Waals surface area contributed by atoms with Crippen LogP contribution in [0.15, 0.2) is 53.3 Å². The van der Waals surface area contributed by atoms with Crippen molar-refractivity contribution in [1.29, 1.82) is 0 Å². The third-order valence-corrected chi connectivity index (χ3v) is 3.75. The van der Waals surface area contributed by atoms with Gasteiger partial charge in [-0.05, 0) is 24.3 Å². The van der Waals surface area contributed by atoms with E-state index >= 15 is 0 Å². The fraction of sp³-hybridized carbons (Fsp3) is 0.0625. The summed E-state index contributed by atoms with van der Waals surface area (Å²) in [7, 11) is 0. The van der Waals surface area contributed by atoms with E-state index in [1.807, 2.05) is 0 Å². The monoisotopic (exact) mass is 293 g/mol. The first-order valence-electron chi connectivity index (χ1n) is 6.76. The third-order valence-electron chi connectivity index (χ3n) is 3.75. The average molecular weight is 293 g/mol. The molecule has 0 radical (unpaired) electrons. The minimum absolute atomic E-state index is 0.270. The average Bonchev–Trinajstić information content (AvgIpc) is 2.79. The second kappa shape index (κ2) is 4.51. The molecular formula is C16H11N3O3. The first-order chi connectivity index (χ1) is 10.6. The first-order valence-corrected chi connectivity index (χ1v) is 6.76. The molecule has 2 N–H and O–H groups in total. The number of hydrogen-bond acceptors (Lipinski definition) is 4. The lowest BCUT2D eigenvalue weighted by Crippen LogP contribution is -2.28. The van der Waals surface area contributed by atoms with Crippen LogP contribution in [0.4, 0.5) is 5.82 Å². The van der Waals surface area contributed by atoms with Gasteiger partial charge in [-0.3, -0.25) is 14.5 Å². The zero-order valence-corrected chi connectivity index (χ0v) is 11.4. The van der Waals surface area contributed by atoms with Crippen LogP contribution < -0.4 is 10.5 Å². The van der Waals surface area contributed by atoms with Gasteiger partial charge in [-0.25, -0.2) is 4.98 Å². The van der Waals surface area contributed by atoms with Crippen LogP contribution in [0.2, 0.25) is 0 Å². The van der Waals surface area contributed by atoms with Crippen molar-refractivity contribution in [3.63, 3.8) is 0 Å². The fourth-order valence-corrected chi connectivity index (χ4v) is 2.68. The van der Waals surface area contributed by atoms with Gasteiger partial charge in [-0.15, -0.1) is 0 Å². The van der Waals surface area contributed by atoms with Crippen molar-refractivity contribution >= 4 is 22.8 Å². The van der Waals surface area contributed by atoms with Crippen molar-refractivity contribution in [2.75, 3.05) is 4.90 Å². The second-order valence-corrected chi connectivity index (χ2v) is 5.07. The van der Waals surface area contributed by atoms with Crippen LogP contribution in [0.25, 0.3) is 11.0 Å². The summed E-state index contributed by atoms with van der Waals surface area (Å²) >= 11 is 0. The van der Waals surface area contributed by atoms with Gasteiger partial charge < -0.3 is 10.1 Å². The van der Waals surface area contributed by atoms with Crippen molar-refractivity contribution in [3.05, 3.63) is 70.0 Å². The van der Waals surface area contributed by atoms with Gasteiger partial charge in [0.2, 0.25) is 5.56 Å². The van der Waals surface area contributed by atoms with Crippen molar-refractivity contribution in [2.45, 2.75) is 6.23 Å². The predicted octanol–water partition coefficient (Wildman–Crippen LogP) is 1.57. The molecule has 3 heterocycles. The van der Waals surface area contributed by atoms with E-state index in [0.29, 0.717) is 22.6 Å². The highest BCUT2D eigenvalue weighted by atomic mass is 16.3. The molecule has 1 aromatic carbocycles. The molecule has 1 unspecified atom stereocenters. The standard InChI is InChI=1S/C16H11N3O3/c20-13-8-6-9-5-7-12(17-14(9)18-13)19-15(21)10-3-1-2-4-11(10)16(19)22/h1-8,15,21H,(H,17,18,20). The number of rotatable bonds is 1. The van der Waals surface area contributed by atoms with Crippen LogP contribution in [0.3, 0.4) is 0 Å². The quantitative estimate of drug-likeness (QED) is 0.713. The summed E-state index contributed by atoms with van der Waals surface area (Å²) in [5.74, 6) is -0.0173. The highest BCUT2D eigenvalue weighted by Gasteiger charge is 2.36. The summed E-state index contributed by atoms with van der Waals surface area (Å²) in [6.07, 6.45) is -1.08. The van der Waals surface area contributed by atoms with Crippen molar-refractivity contribution in [2.24, 2.45) is 0 Å². The van der Waals surface area contributed by atoms with Gasteiger partial charge in [0.25, 0.3) is 5.91 Å². The van der Waals surface area contributed by atoms with Crippen LogP contribution in [-0.2, 0) is 0 Å². The van der Waals surface area contributed by atoms with E-state index in [4.69, 9.17) is 0 Å². The maximum Gasteiger partial charge on any atom is 0.262 e. The zero-order valence-electron chi connectivity index (χ0n) is 11.4. The normalized spacial score (nSPS) is 17.0. The van der Waals surface area contributed by atoms with Gasteiger partial charge in [-0.1, -0.05) is 18.2 Å². The number of hydrogen-bond donors (Lipinski definition) is 2. The molecule has 1 aliphatic rings. The number of aromatic amines is 1. The second-order valence-electron chi connectivity index (χ2n) is 5.07. The summed E-state index contributed by atoms with van der Waals surface area (Å²) in [6, 6.07) is 13.4. The molecule has 0 fully saturated rings. The number of aliphatic hydroxyl groups excluding tert-OH is 1. The molecule has 0 bridgehead atoms.